The molecule has 0 radical (unpaired) electrons. The van der Waals surface area contributed by atoms with E-state index in [1.807, 2.05) is 36.0 Å². The van der Waals surface area contributed by atoms with Gasteiger partial charge in [-0.05, 0) is 30.2 Å². The van der Waals surface area contributed by atoms with Gasteiger partial charge in [0.2, 0.25) is 0 Å². The number of nitrogens with two attached hydrogens (primary N) is 1. The highest BCUT2D eigenvalue weighted by Crippen LogP contribution is 2.25. The van der Waals surface area contributed by atoms with Crippen LogP contribution < -0.4 is 5.73 Å². The first kappa shape index (κ1) is 12.0. The number of benzene rings is 1. The molecule has 1 aromatic carbocycles. The van der Waals surface area contributed by atoms with Gasteiger partial charge >= 0.3 is 0 Å². The van der Waals surface area contributed by atoms with E-state index in [2.05, 4.69) is 6.58 Å². The van der Waals surface area contributed by atoms with Crippen molar-refractivity contribution < 1.29 is 5.11 Å². The van der Waals surface area contributed by atoms with Gasteiger partial charge in [-0.3, -0.25) is 0 Å². The molecule has 0 fully saturated rings. The van der Waals surface area contributed by atoms with Crippen molar-refractivity contribution in [3.63, 3.8) is 0 Å². The Hall–Kier alpha value is -1.45. The maximum atomic E-state index is 9.26. The molecule has 2 aromatic rings. The van der Waals surface area contributed by atoms with Gasteiger partial charge in [0.15, 0.2) is 0 Å². The zero-order valence-corrected chi connectivity index (χ0v) is 10.4. The van der Waals surface area contributed by atoms with Gasteiger partial charge in [0, 0.05) is 29.2 Å². The summed E-state index contributed by atoms with van der Waals surface area (Å²) in [4.78, 5) is 0. The van der Waals surface area contributed by atoms with E-state index in [1.165, 1.54) is 0 Å². The van der Waals surface area contributed by atoms with Crippen LogP contribution in [0.4, 0.5) is 0 Å². The third-order valence-electron chi connectivity index (χ3n) is 2.90. The molecule has 90 valence electrons. The molecule has 0 amide bonds. The molecule has 0 bridgehead atoms. The summed E-state index contributed by atoms with van der Waals surface area (Å²) in [6, 6.07) is 5.30. The normalized spacial score (nSPS) is 12.9. The number of aliphatic hydroxyl groups excluding tert-OH is 1. The zero-order chi connectivity index (χ0) is 12.6. The number of halogens is 1. The predicted octanol–water partition coefficient (Wildman–Crippen LogP) is 2.77. The second-order valence-corrected chi connectivity index (χ2v) is 4.67. The molecule has 1 heterocycles. The minimum Gasteiger partial charge on any atom is -0.511 e. The first-order valence-corrected chi connectivity index (χ1v) is 5.73. The van der Waals surface area contributed by atoms with E-state index < -0.39 is 6.04 Å². The lowest BCUT2D eigenvalue weighted by Crippen LogP contribution is -2.24. The lowest BCUT2D eigenvalue weighted by atomic mass is 10.0. The standard InChI is InChI=1S/C13H15ClN2O/c1-8(17)12(15)5-9-7-16(2)13-4-3-10(14)6-11(9)13/h3-4,6-7,12,17H,1,5,15H2,2H3. The van der Waals surface area contributed by atoms with Gasteiger partial charge in [0.1, 0.15) is 5.76 Å². The van der Waals surface area contributed by atoms with Crippen LogP contribution in [0.15, 0.2) is 36.7 Å². The maximum Gasteiger partial charge on any atom is 0.102 e. The third-order valence-corrected chi connectivity index (χ3v) is 3.14. The third kappa shape index (κ3) is 2.30. The quantitative estimate of drug-likeness (QED) is 0.823. The van der Waals surface area contributed by atoms with Crippen molar-refractivity contribution in [1.29, 1.82) is 0 Å². The Morgan fingerprint density at radius 2 is 2.29 bits per heavy atom. The van der Waals surface area contributed by atoms with Gasteiger partial charge < -0.3 is 15.4 Å². The highest BCUT2D eigenvalue weighted by atomic mass is 35.5. The van der Waals surface area contributed by atoms with Gasteiger partial charge in [-0.25, -0.2) is 0 Å². The number of nitrogens with zero attached hydrogens (tertiary/aromatic N) is 1. The molecule has 2 rings (SSSR count). The zero-order valence-electron chi connectivity index (χ0n) is 9.65. The van der Waals surface area contributed by atoms with Gasteiger partial charge in [0.05, 0.1) is 6.04 Å². The molecule has 0 saturated heterocycles. The molecule has 0 aliphatic rings. The first-order chi connectivity index (χ1) is 7.99. The molecule has 4 heteroatoms. The van der Waals surface area contributed by atoms with Crippen LogP contribution in [0, 0.1) is 0 Å². The van der Waals surface area contributed by atoms with Crippen LogP contribution in [0.1, 0.15) is 5.56 Å². The summed E-state index contributed by atoms with van der Waals surface area (Å²) < 4.78 is 2.02. The van der Waals surface area contributed by atoms with Gasteiger partial charge in [-0.1, -0.05) is 18.2 Å². The lowest BCUT2D eigenvalue weighted by molar-refractivity contribution is 0.369. The van der Waals surface area contributed by atoms with E-state index in [0.29, 0.717) is 11.4 Å². The first-order valence-electron chi connectivity index (χ1n) is 5.36. The number of rotatable bonds is 3. The van der Waals surface area contributed by atoms with Crippen LogP contribution in [0.25, 0.3) is 10.9 Å². The summed E-state index contributed by atoms with van der Waals surface area (Å²) in [5.74, 6) is 0.00373. The fourth-order valence-electron chi connectivity index (χ4n) is 1.96. The van der Waals surface area contributed by atoms with Gasteiger partial charge in [-0.2, -0.15) is 0 Å². The van der Waals surface area contributed by atoms with Crippen molar-refractivity contribution in [3.05, 3.63) is 47.3 Å². The van der Waals surface area contributed by atoms with Crippen LogP contribution in [0.3, 0.4) is 0 Å². The summed E-state index contributed by atoms with van der Waals surface area (Å²) in [5, 5.41) is 11.0. The van der Waals surface area contributed by atoms with E-state index in [1.54, 1.807) is 0 Å². The molecule has 1 unspecified atom stereocenters. The Bertz CT molecular complexity index is 574. The van der Waals surface area contributed by atoms with Crippen molar-refractivity contribution in [1.82, 2.24) is 4.57 Å². The maximum absolute atomic E-state index is 9.26. The summed E-state index contributed by atoms with van der Waals surface area (Å²) in [5.41, 5.74) is 7.96. The number of hydrogen-bond acceptors (Lipinski definition) is 2. The Morgan fingerprint density at radius 3 is 2.94 bits per heavy atom. The Morgan fingerprint density at radius 1 is 1.59 bits per heavy atom. The molecule has 0 spiro atoms. The van der Waals surface area contributed by atoms with Crippen LogP contribution >= 0.6 is 11.6 Å². The topological polar surface area (TPSA) is 51.2 Å². The van der Waals surface area contributed by atoms with Crippen LogP contribution in [-0.4, -0.2) is 15.7 Å². The summed E-state index contributed by atoms with van der Waals surface area (Å²) in [6.07, 6.45) is 2.55. The number of aliphatic hydroxyl groups is 1. The van der Waals surface area contributed by atoms with Gasteiger partial charge in [0.25, 0.3) is 0 Å². The second-order valence-electron chi connectivity index (χ2n) is 4.23. The Balaban J connectivity index is 2.47. The van der Waals surface area contributed by atoms with E-state index >= 15 is 0 Å². The van der Waals surface area contributed by atoms with E-state index in [0.717, 1.165) is 16.5 Å². The van der Waals surface area contributed by atoms with E-state index in [-0.39, 0.29) is 5.76 Å². The predicted molar refractivity (Wildman–Crippen MR) is 71.4 cm³/mol. The number of hydrogen-bond donors (Lipinski definition) is 2. The number of aryl methyl sites for hydroxylation is 1. The number of fused-ring (bicyclic) bond motifs is 1. The Kier molecular flexibility index (Phi) is 3.13. The molecule has 0 aliphatic carbocycles. The molecule has 1 aromatic heterocycles. The molecule has 0 saturated carbocycles. The van der Waals surface area contributed by atoms with E-state index in [4.69, 9.17) is 17.3 Å². The van der Waals surface area contributed by atoms with Gasteiger partial charge in [-0.15, -0.1) is 0 Å². The van der Waals surface area contributed by atoms with Crippen molar-refractivity contribution >= 4 is 22.5 Å². The molecular weight excluding hydrogens is 236 g/mol. The molecular formula is C13H15ClN2O. The van der Waals surface area contributed by atoms with Crippen LogP contribution in [0.2, 0.25) is 5.02 Å². The van der Waals surface area contributed by atoms with Crippen molar-refractivity contribution in [2.24, 2.45) is 12.8 Å². The minimum absolute atomic E-state index is 0.00373. The average Bonchev–Trinajstić information content (AvgIpc) is 2.55. The fraction of sp³-hybridized carbons (Fsp3) is 0.231. The highest BCUT2D eigenvalue weighted by Gasteiger charge is 2.12. The number of aromatic nitrogens is 1. The summed E-state index contributed by atoms with van der Waals surface area (Å²) in [7, 11) is 1.97. The molecule has 1 atom stereocenters. The largest absolute Gasteiger partial charge is 0.511 e. The lowest BCUT2D eigenvalue weighted by Gasteiger charge is -2.08. The van der Waals surface area contributed by atoms with Crippen LogP contribution in [-0.2, 0) is 13.5 Å². The molecule has 3 N–H and O–H groups in total. The average molecular weight is 251 g/mol. The van der Waals surface area contributed by atoms with Crippen molar-refractivity contribution in [2.45, 2.75) is 12.5 Å². The van der Waals surface area contributed by atoms with Crippen molar-refractivity contribution in [3.8, 4) is 0 Å². The van der Waals surface area contributed by atoms with Crippen molar-refractivity contribution in [2.75, 3.05) is 0 Å². The van der Waals surface area contributed by atoms with E-state index in [9.17, 15) is 5.11 Å². The Labute approximate surface area is 105 Å². The highest BCUT2D eigenvalue weighted by molar-refractivity contribution is 6.31. The van der Waals surface area contributed by atoms with Crippen LogP contribution in [0.5, 0.6) is 0 Å². The monoisotopic (exact) mass is 250 g/mol. The molecule has 3 nitrogen and oxygen atoms in total. The molecule has 0 aliphatic heterocycles. The second kappa shape index (κ2) is 4.43. The summed E-state index contributed by atoms with van der Waals surface area (Å²) >= 11 is 5.99. The smallest absolute Gasteiger partial charge is 0.102 e. The fourth-order valence-corrected chi connectivity index (χ4v) is 2.14. The minimum atomic E-state index is -0.445. The molecule has 17 heavy (non-hydrogen) atoms. The SMILES string of the molecule is C=C(O)C(N)Cc1cn(C)c2ccc(Cl)cc12. The summed E-state index contributed by atoms with van der Waals surface area (Å²) in [6.45, 7) is 3.45.